The van der Waals surface area contributed by atoms with Crippen molar-refractivity contribution in [3.8, 4) is 113 Å². The highest BCUT2D eigenvalue weighted by molar-refractivity contribution is 5.97. The van der Waals surface area contributed by atoms with Crippen LogP contribution in [0.25, 0.3) is 157 Å². The second-order valence-electron chi connectivity index (χ2n) is 22.1. The largest absolute Gasteiger partial charge is 0.277 e. The molecule has 0 amide bonds. The molecule has 0 aliphatic rings. The van der Waals surface area contributed by atoms with Gasteiger partial charge in [-0.15, -0.1) is 0 Å². The van der Waals surface area contributed by atoms with Crippen molar-refractivity contribution in [1.29, 1.82) is 0 Å². The normalized spacial score (nSPS) is 11.6. The van der Waals surface area contributed by atoms with E-state index in [0.29, 0.717) is 0 Å². The molecule has 0 saturated heterocycles. The predicted molar refractivity (Wildman–Crippen MR) is 360 cm³/mol. The van der Waals surface area contributed by atoms with E-state index in [1.165, 1.54) is 0 Å². The fourth-order valence-electron chi connectivity index (χ4n) is 12.5. The predicted octanol–water partition coefficient (Wildman–Crippen LogP) is 18.0. The van der Waals surface area contributed by atoms with Gasteiger partial charge in [0.05, 0.1) is 0 Å². The van der Waals surface area contributed by atoms with Gasteiger partial charge in [0.15, 0.2) is 22.6 Å². The van der Waals surface area contributed by atoms with Gasteiger partial charge in [-0.1, -0.05) is 170 Å². The first-order valence-corrected chi connectivity index (χ1v) is 29.8. The third-order valence-electron chi connectivity index (χ3n) is 16.7. The highest BCUT2D eigenvalue weighted by Gasteiger charge is 2.23. The van der Waals surface area contributed by atoms with Gasteiger partial charge in [0.25, 0.3) is 0 Å². The first-order chi connectivity index (χ1) is 44.6. The molecule has 8 heterocycles. The lowest BCUT2D eigenvalue weighted by molar-refractivity contribution is 1.08. The van der Waals surface area contributed by atoms with Crippen LogP contribution < -0.4 is 0 Å². The van der Waals surface area contributed by atoms with Crippen molar-refractivity contribution in [1.82, 2.24) is 58.1 Å². The van der Waals surface area contributed by atoms with Crippen LogP contribution in [-0.4, -0.2) is 58.1 Å². The first-order valence-electron chi connectivity index (χ1n) is 29.8. The molecule has 12 heteroatoms. The number of pyridine rings is 4. The Kier molecular flexibility index (Phi) is 12.5. The van der Waals surface area contributed by atoms with E-state index >= 15 is 0 Å². The van der Waals surface area contributed by atoms with Gasteiger partial charge >= 0.3 is 0 Å². The van der Waals surface area contributed by atoms with Gasteiger partial charge in [-0.05, 0) is 154 Å². The van der Waals surface area contributed by atoms with Crippen molar-refractivity contribution in [3.05, 3.63) is 304 Å². The van der Waals surface area contributed by atoms with E-state index in [2.05, 4.69) is 176 Å². The fraction of sp³-hybridized carbons (Fsp3) is 0. The number of hydrogen-bond donors (Lipinski definition) is 0. The second-order valence-corrected chi connectivity index (χ2v) is 22.1. The third kappa shape index (κ3) is 9.01. The average molecular weight is 1160 g/mol. The van der Waals surface area contributed by atoms with Crippen LogP contribution in [0.3, 0.4) is 0 Å². The summed E-state index contributed by atoms with van der Waals surface area (Å²) in [5, 5.41) is 0. The number of imidazole rings is 4. The Morgan fingerprint density at radius 2 is 0.389 bits per heavy atom. The minimum atomic E-state index is 0.796. The zero-order valence-electron chi connectivity index (χ0n) is 48.2. The molecule has 17 rings (SSSR count). The van der Waals surface area contributed by atoms with Crippen molar-refractivity contribution in [3.63, 3.8) is 0 Å². The van der Waals surface area contributed by atoms with Gasteiger partial charge in [0, 0.05) is 69.8 Å². The number of aromatic nitrogens is 12. The van der Waals surface area contributed by atoms with E-state index in [1.807, 2.05) is 146 Å². The quantitative estimate of drug-likeness (QED) is 0.119. The molecule has 422 valence electrons. The summed E-state index contributed by atoms with van der Waals surface area (Å²) in [5.74, 6) is 3.22. The van der Waals surface area contributed by atoms with Crippen molar-refractivity contribution >= 4 is 44.7 Å². The van der Waals surface area contributed by atoms with Gasteiger partial charge in [-0.2, -0.15) is 0 Å². The van der Waals surface area contributed by atoms with E-state index in [0.717, 1.165) is 157 Å². The molecule has 17 aromatic rings. The fourth-order valence-corrected chi connectivity index (χ4v) is 12.5. The molecule has 0 saturated carbocycles. The van der Waals surface area contributed by atoms with Crippen molar-refractivity contribution < 1.29 is 0 Å². The number of benzene rings is 9. The molecule has 90 heavy (non-hydrogen) atoms. The molecular weight excluding hydrogens is 1100 g/mol. The third-order valence-corrected chi connectivity index (χ3v) is 16.7. The molecule has 0 N–H and O–H groups in total. The maximum Gasteiger partial charge on any atom is 0.164 e. The van der Waals surface area contributed by atoms with Gasteiger partial charge in [-0.25, -0.2) is 39.9 Å². The first kappa shape index (κ1) is 51.8. The zero-order chi connectivity index (χ0) is 59.5. The summed E-state index contributed by atoms with van der Waals surface area (Å²) in [7, 11) is 0. The van der Waals surface area contributed by atoms with Crippen LogP contribution in [0.5, 0.6) is 0 Å². The maximum atomic E-state index is 5.19. The van der Waals surface area contributed by atoms with E-state index in [-0.39, 0.29) is 0 Å². The lowest BCUT2D eigenvalue weighted by atomic mass is 9.85. The van der Waals surface area contributed by atoms with Crippen molar-refractivity contribution in [2.75, 3.05) is 0 Å². The highest BCUT2D eigenvalue weighted by Crippen LogP contribution is 2.45. The topological polar surface area (TPSA) is 123 Å². The summed E-state index contributed by atoms with van der Waals surface area (Å²) in [5.41, 5.74) is 22.6. The molecule has 12 nitrogen and oxygen atoms in total. The maximum absolute atomic E-state index is 5.19. The van der Waals surface area contributed by atoms with Crippen LogP contribution in [0.2, 0.25) is 0 Å². The smallest absolute Gasteiger partial charge is 0.164 e. The minimum Gasteiger partial charge on any atom is -0.277 e. The Morgan fingerprint density at radius 3 is 0.600 bits per heavy atom. The molecule has 0 spiro atoms. The summed E-state index contributed by atoms with van der Waals surface area (Å²) in [4.78, 5) is 40.0. The molecule has 0 radical (unpaired) electrons. The van der Waals surface area contributed by atoms with Crippen LogP contribution in [0.1, 0.15) is 0 Å². The molecule has 8 aromatic heterocycles. The molecule has 0 atom stereocenters. The molecule has 0 aliphatic heterocycles. The van der Waals surface area contributed by atoms with Gasteiger partial charge in [0.2, 0.25) is 0 Å². The average Bonchev–Trinajstić information content (AvgIpc) is 1.53. The van der Waals surface area contributed by atoms with Crippen molar-refractivity contribution in [2.45, 2.75) is 0 Å². The molecule has 0 fully saturated rings. The van der Waals surface area contributed by atoms with Crippen LogP contribution in [0.15, 0.2) is 304 Å². The van der Waals surface area contributed by atoms with Crippen LogP contribution in [0.4, 0.5) is 0 Å². The Morgan fingerprint density at radius 1 is 0.189 bits per heavy atom. The number of fused-ring (bicyclic) bond motifs is 4. The SMILES string of the molecule is c1ccc(-n2c(-c3ccc(-c4cc(-c5ccc(-c6nc7cccnc7n6-c6ccccc6)cc5)c(-c5ccc(-c6nc7cccnc7n6-c6ccccc6)cc5)cc4-c4ccc(-c5nc6cccnc6n5-c5ccccc5)cc4)cc3)nc3cccnc32)cc1. The van der Waals surface area contributed by atoms with E-state index in [1.54, 1.807) is 0 Å². The molecule has 0 unspecified atom stereocenters. The zero-order valence-corrected chi connectivity index (χ0v) is 48.2. The standard InChI is InChI=1S/C78H50N12/c1-5-17-59(18-6-1)87-71(83-67-25-13-45-79-75(67)87)55-37-29-51(30-38-55)63-49-65(53-33-41-57(42-34-53)73-85-69-27-15-47-81-77(69)89(73)61-21-9-3-10-22-61)66(54-35-43-58(44-36-54)74-86-70-28-16-48-82-78(70)90(74)62-23-11-4-12-24-62)50-64(63)52-31-39-56(40-32-52)72-84-68-26-14-46-80-76(68)88(72)60-19-7-2-8-20-60/h1-50H. The Hall–Kier alpha value is -12.5. The number of hydrogen-bond acceptors (Lipinski definition) is 8. The van der Waals surface area contributed by atoms with E-state index in [9.17, 15) is 0 Å². The van der Waals surface area contributed by atoms with Gasteiger partial charge in [0.1, 0.15) is 45.4 Å². The van der Waals surface area contributed by atoms with E-state index < -0.39 is 0 Å². The van der Waals surface area contributed by atoms with Crippen LogP contribution in [-0.2, 0) is 0 Å². The summed E-state index contributed by atoms with van der Waals surface area (Å²) in [6.07, 6.45) is 7.29. The highest BCUT2D eigenvalue weighted by atomic mass is 15.2. The molecule has 0 aliphatic carbocycles. The monoisotopic (exact) mass is 1150 g/mol. The Labute approximate surface area is 516 Å². The molecule has 0 bridgehead atoms. The van der Waals surface area contributed by atoms with E-state index in [4.69, 9.17) is 39.9 Å². The summed E-state index contributed by atoms with van der Waals surface area (Å²) in [6.45, 7) is 0. The Bertz CT molecular complexity index is 4800. The number of para-hydroxylation sites is 4. The number of nitrogens with zero attached hydrogens (tertiary/aromatic N) is 12. The Balaban J connectivity index is 0.861. The second kappa shape index (κ2) is 21.8. The van der Waals surface area contributed by atoms with Crippen LogP contribution in [0, 0.1) is 0 Å². The molecule has 9 aromatic carbocycles. The lowest BCUT2D eigenvalue weighted by Gasteiger charge is -2.19. The molecular formula is C78H50N12. The number of rotatable bonds is 12. The summed E-state index contributed by atoms with van der Waals surface area (Å²) < 4.78 is 8.56. The summed E-state index contributed by atoms with van der Waals surface area (Å²) >= 11 is 0. The van der Waals surface area contributed by atoms with Gasteiger partial charge in [-0.3, -0.25) is 18.3 Å². The van der Waals surface area contributed by atoms with Crippen LogP contribution >= 0.6 is 0 Å². The lowest BCUT2D eigenvalue weighted by Crippen LogP contribution is -1.99. The van der Waals surface area contributed by atoms with Gasteiger partial charge < -0.3 is 0 Å². The minimum absolute atomic E-state index is 0.796. The summed E-state index contributed by atoms with van der Waals surface area (Å²) in [6, 6.07) is 97.0. The van der Waals surface area contributed by atoms with Crippen molar-refractivity contribution in [2.24, 2.45) is 0 Å².